The first-order chi connectivity index (χ1) is 12.4. The van der Waals surface area contributed by atoms with Crippen molar-refractivity contribution in [2.75, 3.05) is 20.2 Å². The third kappa shape index (κ3) is 6.38. The van der Waals surface area contributed by atoms with Crippen molar-refractivity contribution in [2.45, 2.75) is 17.7 Å². The number of nitrogens with two attached hydrogens (primary N) is 1. The van der Waals surface area contributed by atoms with Crippen LogP contribution < -0.4 is 20.5 Å². The first-order valence-corrected chi connectivity index (χ1v) is 9.69. The van der Waals surface area contributed by atoms with E-state index in [0.717, 1.165) is 23.3 Å². The Morgan fingerprint density at radius 3 is 1.81 bits per heavy atom. The van der Waals surface area contributed by atoms with E-state index < -0.39 is 10.0 Å². The van der Waals surface area contributed by atoms with Crippen LogP contribution in [0.5, 0.6) is 5.75 Å². The van der Waals surface area contributed by atoms with Crippen LogP contribution in [-0.2, 0) is 22.9 Å². The van der Waals surface area contributed by atoms with Crippen LogP contribution in [0.25, 0.3) is 0 Å². The fourth-order valence-corrected chi connectivity index (χ4v) is 2.86. The Labute approximate surface area is 153 Å². The van der Waals surface area contributed by atoms with Crippen LogP contribution in [0, 0.1) is 0 Å². The van der Waals surface area contributed by atoms with Crippen molar-refractivity contribution >= 4 is 16.1 Å². The molecule has 0 bridgehead atoms. The van der Waals surface area contributed by atoms with Gasteiger partial charge in [0.25, 0.3) is 0 Å². The normalized spacial score (nSPS) is 11.0. The smallest absolute Gasteiger partial charge is 0.314 e. The van der Waals surface area contributed by atoms with Crippen LogP contribution in [-0.4, -0.2) is 34.6 Å². The van der Waals surface area contributed by atoms with E-state index in [9.17, 15) is 13.2 Å². The van der Waals surface area contributed by atoms with Gasteiger partial charge >= 0.3 is 6.03 Å². The van der Waals surface area contributed by atoms with Crippen molar-refractivity contribution in [3.05, 3.63) is 59.7 Å². The third-order valence-electron chi connectivity index (χ3n) is 3.81. The molecule has 0 saturated heterocycles. The molecule has 2 aromatic carbocycles. The highest BCUT2D eigenvalue weighted by Gasteiger charge is 2.07. The molecule has 0 spiro atoms. The Hall–Kier alpha value is -2.58. The van der Waals surface area contributed by atoms with E-state index in [1.54, 1.807) is 19.2 Å². The first-order valence-electron chi connectivity index (χ1n) is 8.15. The van der Waals surface area contributed by atoms with Gasteiger partial charge in [-0.1, -0.05) is 24.3 Å². The molecule has 140 valence electrons. The number of rotatable bonds is 8. The van der Waals surface area contributed by atoms with Gasteiger partial charge in [-0.05, 0) is 48.2 Å². The van der Waals surface area contributed by atoms with Gasteiger partial charge in [-0.2, -0.15) is 0 Å². The monoisotopic (exact) mass is 377 g/mol. The Kier molecular flexibility index (Phi) is 6.99. The second kappa shape index (κ2) is 9.21. The highest BCUT2D eigenvalue weighted by molar-refractivity contribution is 7.89. The summed E-state index contributed by atoms with van der Waals surface area (Å²) in [5, 5.41) is 10.6. The maximum absolute atomic E-state index is 11.8. The zero-order valence-corrected chi connectivity index (χ0v) is 15.4. The lowest BCUT2D eigenvalue weighted by Crippen LogP contribution is -2.37. The number of methoxy groups -OCH3 is 1. The number of hydrogen-bond donors (Lipinski definition) is 3. The average molecular weight is 377 g/mol. The second-order valence-corrected chi connectivity index (χ2v) is 7.28. The number of primary sulfonamides is 1. The molecule has 0 aromatic heterocycles. The number of benzene rings is 2. The molecular formula is C18H23N3O4S. The summed E-state index contributed by atoms with van der Waals surface area (Å²) in [4.78, 5) is 11.8. The molecule has 0 radical (unpaired) electrons. The summed E-state index contributed by atoms with van der Waals surface area (Å²) >= 11 is 0. The number of amides is 2. The Morgan fingerprint density at radius 2 is 1.38 bits per heavy atom. The number of hydrogen-bond acceptors (Lipinski definition) is 4. The van der Waals surface area contributed by atoms with Gasteiger partial charge in [-0.3, -0.25) is 0 Å². The predicted octanol–water partition coefficient (Wildman–Crippen LogP) is 1.43. The molecule has 0 aliphatic carbocycles. The highest BCUT2D eigenvalue weighted by atomic mass is 32.2. The first kappa shape index (κ1) is 19.7. The molecule has 2 rings (SSSR count). The summed E-state index contributed by atoms with van der Waals surface area (Å²) < 4.78 is 27.5. The fourth-order valence-electron chi connectivity index (χ4n) is 2.34. The van der Waals surface area contributed by atoms with E-state index in [2.05, 4.69) is 10.6 Å². The minimum absolute atomic E-state index is 0.0745. The van der Waals surface area contributed by atoms with Crippen molar-refractivity contribution in [3.63, 3.8) is 0 Å². The summed E-state index contributed by atoms with van der Waals surface area (Å²) in [5.74, 6) is 0.802. The number of urea groups is 1. The molecule has 0 fully saturated rings. The van der Waals surface area contributed by atoms with E-state index in [0.29, 0.717) is 19.5 Å². The lowest BCUT2D eigenvalue weighted by molar-refractivity contribution is 0.241. The number of carbonyl (C=O) groups excluding carboxylic acids is 1. The minimum Gasteiger partial charge on any atom is -0.497 e. The van der Waals surface area contributed by atoms with Crippen LogP contribution in [0.4, 0.5) is 4.79 Å². The molecule has 8 heteroatoms. The Morgan fingerprint density at radius 1 is 0.923 bits per heavy atom. The summed E-state index contributed by atoms with van der Waals surface area (Å²) in [6.07, 6.45) is 1.32. The molecular weight excluding hydrogens is 354 g/mol. The summed E-state index contributed by atoms with van der Waals surface area (Å²) in [5.41, 5.74) is 2.02. The van der Waals surface area contributed by atoms with E-state index in [4.69, 9.17) is 9.88 Å². The average Bonchev–Trinajstić information content (AvgIpc) is 2.62. The summed E-state index contributed by atoms with van der Waals surface area (Å²) in [6, 6.07) is 13.7. The Balaban J connectivity index is 1.67. The SMILES string of the molecule is COc1ccc(CCNC(=O)NCCc2ccc(S(N)(=O)=O)cc2)cc1. The van der Waals surface area contributed by atoms with Crippen LogP contribution in [0.3, 0.4) is 0 Å². The zero-order chi connectivity index (χ0) is 19.0. The van der Waals surface area contributed by atoms with Crippen LogP contribution in [0.15, 0.2) is 53.4 Å². The molecule has 0 unspecified atom stereocenters. The van der Waals surface area contributed by atoms with Crippen molar-refractivity contribution in [1.29, 1.82) is 0 Å². The van der Waals surface area contributed by atoms with Crippen molar-refractivity contribution in [3.8, 4) is 5.75 Å². The fraction of sp³-hybridized carbons (Fsp3) is 0.278. The van der Waals surface area contributed by atoms with E-state index in [1.165, 1.54) is 12.1 Å². The quantitative estimate of drug-likeness (QED) is 0.646. The predicted molar refractivity (Wildman–Crippen MR) is 99.6 cm³/mol. The molecule has 0 atom stereocenters. The van der Waals surface area contributed by atoms with Crippen molar-refractivity contribution in [1.82, 2.24) is 10.6 Å². The third-order valence-corrected chi connectivity index (χ3v) is 4.74. The van der Waals surface area contributed by atoms with Gasteiger partial charge < -0.3 is 15.4 Å². The van der Waals surface area contributed by atoms with Crippen LogP contribution in [0.2, 0.25) is 0 Å². The van der Waals surface area contributed by atoms with Gasteiger partial charge in [-0.15, -0.1) is 0 Å². The lowest BCUT2D eigenvalue weighted by Gasteiger charge is -2.08. The summed E-state index contributed by atoms with van der Waals surface area (Å²) in [6.45, 7) is 0.976. The zero-order valence-electron chi connectivity index (χ0n) is 14.6. The second-order valence-electron chi connectivity index (χ2n) is 5.72. The highest BCUT2D eigenvalue weighted by Crippen LogP contribution is 2.11. The topological polar surface area (TPSA) is 111 Å². The molecule has 0 aliphatic rings. The lowest BCUT2D eigenvalue weighted by atomic mass is 10.1. The minimum atomic E-state index is -3.68. The van der Waals surface area contributed by atoms with E-state index >= 15 is 0 Å². The van der Waals surface area contributed by atoms with Crippen molar-refractivity contribution in [2.24, 2.45) is 5.14 Å². The van der Waals surface area contributed by atoms with Gasteiger partial charge in [0.2, 0.25) is 10.0 Å². The molecule has 4 N–H and O–H groups in total. The largest absolute Gasteiger partial charge is 0.497 e. The molecule has 2 aromatic rings. The summed E-state index contributed by atoms with van der Waals surface area (Å²) in [7, 11) is -2.06. The van der Waals surface area contributed by atoms with Gasteiger partial charge in [0.1, 0.15) is 5.75 Å². The number of nitrogens with one attached hydrogen (secondary N) is 2. The molecule has 0 aliphatic heterocycles. The van der Waals surface area contributed by atoms with Gasteiger partial charge in [0, 0.05) is 13.1 Å². The maximum Gasteiger partial charge on any atom is 0.314 e. The number of sulfonamides is 1. The van der Waals surface area contributed by atoms with E-state index in [-0.39, 0.29) is 10.9 Å². The standard InChI is InChI=1S/C18H23N3O4S/c1-25-16-6-2-14(3-7-16)10-12-20-18(22)21-13-11-15-4-8-17(9-5-15)26(19,23)24/h2-9H,10-13H2,1H3,(H2,19,23,24)(H2,20,21,22). The molecule has 26 heavy (non-hydrogen) atoms. The van der Waals surface area contributed by atoms with Gasteiger partial charge in [-0.25, -0.2) is 18.4 Å². The molecule has 7 nitrogen and oxygen atoms in total. The molecule has 2 amide bonds. The van der Waals surface area contributed by atoms with Gasteiger partial charge in [0.05, 0.1) is 12.0 Å². The molecule has 0 heterocycles. The number of ether oxygens (including phenoxy) is 1. The molecule has 0 saturated carbocycles. The van der Waals surface area contributed by atoms with E-state index in [1.807, 2.05) is 24.3 Å². The van der Waals surface area contributed by atoms with Crippen LogP contribution >= 0.6 is 0 Å². The maximum atomic E-state index is 11.8. The number of carbonyl (C=O) groups is 1. The van der Waals surface area contributed by atoms with Crippen LogP contribution in [0.1, 0.15) is 11.1 Å². The Bertz CT molecular complexity index is 819. The van der Waals surface area contributed by atoms with Crippen molar-refractivity contribution < 1.29 is 17.9 Å². The van der Waals surface area contributed by atoms with Gasteiger partial charge in [0.15, 0.2) is 0 Å².